The van der Waals surface area contributed by atoms with Crippen LogP contribution in [0.4, 0.5) is 28.2 Å². The molecule has 2 fully saturated rings. The summed E-state index contributed by atoms with van der Waals surface area (Å²) in [6.45, 7) is -0.0817. The number of rotatable bonds is 6. The average Bonchev–Trinajstić information content (AvgIpc) is 3.46. The smallest absolute Gasteiger partial charge is 0.407 e. The molecule has 5 rings (SSSR count). The third-order valence-corrected chi connectivity index (χ3v) is 7.29. The minimum atomic E-state index is -2.72. The Labute approximate surface area is 225 Å². The SMILES string of the molecule is COc1cc(F)c(-c2cc(CN3CCC(F)(F)CC3)c3c(N)ncnn23)cc1C(=O)N[C@@H]1CN(C(=O)O)C[C@@H]1F. The van der Waals surface area contributed by atoms with Gasteiger partial charge < -0.3 is 25.8 Å². The number of amides is 2. The number of hydrogen-bond acceptors (Lipinski definition) is 7. The zero-order chi connectivity index (χ0) is 28.8. The van der Waals surface area contributed by atoms with Crippen molar-refractivity contribution in [2.45, 2.75) is 37.5 Å². The summed E-state index contributed by atoms with van der Waals surface area (Å²) in [5, 5.41) is 15.8. The summed E-state index contributed by atoms with van der Waals surface area (Å²) in [6, 6.07) is 2.74. The molecule has 0 bridgehead atoms. The van der Waals surface area contributed by atoms with Crippen molar-refractivity contribution in [1.29, 1.82) is 0 Å². The average molecular weight is 566 g/mol. The van der Waals surface area contributed by atoms with Crippen LogP contribution in [0.3, 0.4) is 0 Å². The first-order chi connectivity index (χ1) is 19.0. The van der Waals surface area contributed by atoms with Gasteiger partial charge in [-0.25, -0.2) is 31.9 Å². The maximum Gasteiger partial charge on any atom is 0.407 e. The normalized spacial score (nSPS) is 21.1. The van der Waals surface area contributed by atoms with Gasteiger partial charge in [-0.3, -0.25) is 9.69 Å². The monoisotopic (exact) mass is 565 g/mol. The Morgan fingerprint density at radius 3 is 2.60 bits per heavy atom. The van der Waals surface area contributed by atoms with Gasteiger partial charge in [-0.2, -0.15) is 5.10 Å². The van der Waals surface area contributed by atoms with Gasteiger partial charge in [0.15, 0.2) is 5.82 Å². The highest BCUT2D eigenvalue weighted by molar-refractivity contribution is 5.98. The number of nitrogens with two attached hydrogens (primary N) is 1. The van der Waals surface area contributed by atoms with Crippen LogP contribution < -0.4 is 15.8 Å². The molecular weight excluding hydrogens is 538 g/mol. The van der Waals surface area contributed by atoms with E-state index in [0.717, 1.165) is 11.0 Å². The van der Waals surface area contributed by atoms with E-state index in [0.29, 0.717) is 11.1 Å². The second-order valence-corrected chi connectivity index (χ2v) is 9.91. The summed E-state index contributed by atoms with van der Waals surface area (Å²) in [7, 11) is 1.24. The van der Waals surface area contributed by atoms with Gasteiger partial charge in [0.2, 0.25) is 0 Å². The fourth-order valence-electron chi connectivity index (χ4n) is 5.14. The van der Waals surface area contributed by atoms with Crippen LogP contribution in [0.15, 0.2) is 24.5 Å². The van der Waals surface area contributed by atoms with Crippen molar-refractivity contribution in [3.8, 4) is 17.0 Å². The molecule has 4 heterocycles. The Bertz CT molecular complexity index is 1460. The standard InChI is InChI=1S/C25H27F4N7O4/c1-40-20-8-16(26)14(7-15(20)23(37)33-18-11-35(24(38)39)10-17(18)27)19-6-13(21-22(30)31-12-32-36(19)21)9-34-4-2-25(28,29)3-5-34/h6-8,12,17-18H,2-5,9-11H2,1H3,(H,33,37)(H,38,39)(H2,30,31,32)/t17-,18+/m0/s1. The van der Waals surface area contributed by atoms with Crippen molar-refractivity contribution < 1.29 is 37.0 Å². The molecule has 2 aliphatic rings. The molecule has 214 valence electrons. The minimum absolute atomic E-state index is 0.0501. The van der Waals surface area contributed by atoms with Crippen molar-refractivity contribution in [3.63, 3.8) is 0 Å². The van der Waals surface area contributed by atoms with E-state index in [1.165, 1.54) is 24.0 Å². The first-order valence-corrected chi connectivity index (χ1v) is 12.5. The molecule has 0 radical (unpaired) electrons. The Kier molecular flexibility index (Phi) is 7.16. The summed E-state index contributed by atoms with van der Waals surface area (Å²) in [6.07, 6.45) is -2.32. The number of likely N-dealkylation sites (tertiary alicyclic amines) is 2. The lowest BCUT2D eigenvalue weighted by Gasteiger charge is -2.31. The number of nitrogens with zero attached hydrogens (tertiary/aromatic N) is 5. The number of benzene rings is 1. The van der Waals surface area contributed by atoms with E-state index in [9.17, 15) is 22.8 Å². The van der Waals surface area contributed by atoms with Gasteiger partial charge in [0.05, 0.1) is 31.0 Å². The third kappa shape index (κ3) is 5.20. The van der Waals surface area contributed by atoms with Crippen LogP contribution in [-0.4, -0.2) is 92.9 Å². The lowest BCUT2D eigenvalue weighted by Crippen LogP contribution is -2.41. The van der Waals surface area contributed by atoms with Crippen molar-refractivity contribution in [2.75, 3.05) is 39.0 Å². The van der Waals surface area contributed by atoms with Crippen LogP contribution in [0.5, 0.6) is 5.75 Å². The maximum atomic E-state index is 15.4. The predicted molar refractivity (Wildman–Crippen MR) is 135 cm³/mol. The van der Waals surface area contributed by atoms with E-state index in [1.54, 1.807) is 6.07 Å². The van der Waals surface area contributed by atoms with E-state index in [2.05, 4.69) is 15.4 Å². The zero-order valence-corrected chi connectivity index (χ0v) is 21.4. The van der Waals surface area contributed by atoms with Crippen molar-refractivity contribution in [3.05, 3.63) is 41.5 Å². The van der Waals surface area contributed by atoms with Crippen LogP contribution in [-0.2, 0) is 6.54 Å². The molecule has 1 aromatic carbocycles. The Morgan fingerprint density at radius 1 is 1.23 bits per heavy atom. The highest BCUT2D eigenvalue weighted by atomic mass is 19.3. The molecule has 2 aliphatic heterocycles. The fourth-order valence-corrected chi connectivity index (χ4v) is 5.14. The second-order valence-electron chi connectivity index (χ2n) is 9.91. The van der Waals surface area contributed by atoms with Gasteiger partial charge in [-0.15, -0.1) is 0 Å². The number of carbonyl (C=O) groups is 2. The van der Waals surface area contributed by atoms with Crippen molar-refractivity contribution in [1.82, 2.24) is 29.7 Å². The number of ether oxygens (including phenoxy) is 1. The number of aromatic nitrogens is 3. The van der Waals surface area contributed by atoms with Gasteiger partial charge in [0, 0.05) is 50.7 Å². The lowest BCUT2D eigenvalue weighted by atomic mass is 10.0. The van der Waals surface area contributed by atoms with E-state index < -0.39 is 36.0 Å². The number of nitrogens with one attached hydrogen (secondary N) is 1. The molecule has 2 amide bonds. The van der Waals surface area contributed by atoms with Gasteiger partial charge in [0.25, 0.3) is 11.8 Å². The summed E-state index contributed by atoms with van der Waals surface area (Å²) in [5.74, 6) is -4.28. The number of carboxylic acid groups (broad SMARTS) is 1. The largest absolute Gasteiger partial charge is 0.496 e. The molecular formula is C25H27F4N7O4. The number of halogens is 4. The number of alkyl halides is 3. The Morgan fingerprint density at radius 2 is 1.95 bits per heavy atom. The van der Waals surface area contributed by atoms with Crippen LogP contribution in [0.1, 0.15) is 28.8 Å². The molecule has 0 aliphatic carbocycles. The molecule has 3 aromatic rings. The van der Waals surface area contributed by atoms with E-state index in [4.69, 9.17) is 15.6 Å². The molecule has 4 N–H and O–H groups in total. The molecule has 11 nitrogen and oxygen atoms in total. The first-order valence-electron chi connectivity index (χ1n) is 12.5. The fraction of sp³-hybridized carbons (Fsp3) is 0.440. The topological polar surface area (TPSA) is 138 Å². The van der Waals surface area contributed by atoms with Crippen molar-refractivity contribution in [2.24, 2.45) is 0 Å². The van der Waals surface area contributed by atoms with Crippen LogP contribution in [0.2, 0.25) is 0 Å². The number of carbonyl (C=O) groups excluding carboxylic acids is 1. The summed E-state index contributed by atoms with van der Waals surface area (Å²) in [4.78, 5) is 31.1. The highest BCUT2D eigenvalue weighted by Gasteiger charge is 2.37. The quantitative estimate of drug-likeness (QED) is 0.388. The van der Waals surface area contributed by atoms with Crippen LogP contribution >= 0.6 is 0 Å². The number of methoxy groups -OCH3 is 1. The van der Waals surface area contributed by atoms with Crippen LogP contribution in [0, 0.1) is 5.82 Å². The number of fused-ring (bicyclic) bond motifs is 1. The van der Waals surface area contributed by atoms with Gasteiger partial charge in [0.1, 0.15) is 29.6 Å². The number of nitrogen functional groups attached to an aromatic ring is 1. The highest BCUT2D eigenvalue weighted by Crippen LogP contribution is 2.35. The summed E-state index contributed by atoms with van der Waals surface area (Å²) < 4.78 is 63.8. The summed E-state index contributed by atoms with van der Waals surface area (Å²) >= 11 is 0. The molecule has 40 heavy (non-hydrogen) atoms. The molecule has 2 aromatic heterocycles. The molecule has 0 saturated carbocycles. The number of hydrogen-bond donors (Lipinski definition) is 3. The third-order valence-electron chi connectivity index (χ3n) is 7.29. The van der Waals surface area contributed by atoms with Crippen LogP contribution in [0.25, 0.3) is 16.8 Å². The second kappa shape index (κ2) is 10.4. The van der Waals surface area contributed by atoms with E-state index >= 15 is 4.39 Å². The summed E-state index contributed by atoms with van der Waals surface area (Å²) in [5.41, 5.74) is 7.13. The molecule has 15 heteroatoms. The maximum absolute atomic E-state index is 15.4. The Hall–Kier alpha value is -4.14. The molecule has 0 unspecified atom stereocenters. The van der Waals surface area contributed by atoms with Crippen molar-refractivity contribution >= 4 is 23.3 Å². The van der Waals surface area contributed by atoms with E-state index in [-0.39, 0.29) is 74.0 Å². The Balaban J connectivity index is 1.50. The first kappa shape index (κ1) is 27.4. The van der Waals surface area contributed by atoms with Gasteiger partial charge >= 0.3 is 6.09 Å². The molecule has 0 spiro atoms. The number of anilines is 1. The predicted octanol–water partition coefficient (Wildman–Crippen LogP) is 2.79. The zero-order valence-electron chi connectivity index (χ0n) is 21.4. The van der Waals surface area contributed by atoms with Gasteiger partial charge in [-0.1, -0.05) is 0 Å². The number of piperidine rings is 1. The molecule has 2 saturated heterocycles. The lowest BCUT2D eigenvalue weighted by molar-refractivity contribution is -0.0565. The van der Waals surface area contributed by atoms with E-state index in [1.807, 2.05) is 4.90 Å². The van der Waals surface area contributed by atoms with Gasteiger partial charge in [-0.05, 0) is 17.7 Å². The molecule has 2 atom stereocenters. The minimum Gasteiger partial charge on any atom is -0.496 e.